The molecule has 2 amide bonds. The Labute approximate surface area is 184 Å². The zero-order valence-corrected chi connectivity index (χ0v) is 18.2. The van der Waals surface area contributed by atoms with E-state index in [0.717, 1.165) is 44.3 Å². The first-order valence-electron chi connectivity index (χ1n) is 11.5. The van der Waals surface area contributed by atoms with Gasteiger partial charge >= 0.3 is 0 Å². The van der Waals surface area contributed by atoms with Crippen molar-refractivity contribution in [1.29, 1.82) is 0 Å². The average Bonchev–Trinajstić information content (AvgIpc) is 3.07. The molecular formula is C25H32N4O2. The number of rotatable bonds is 5. The summed E-state index contributed by atoms with van der Waals surface area (Å²) in [4.78, 5) is 29.4. The van der Waals surface area contributed by atoms with E-state index in [-0.39, 0.29) is 11.8 Å². The van der Waals surface area contributed by atoms with Crippen LogP contribution >= 0.6 is 0 Å². The highest BCUT2D eigenvalue weighted by Gasteiger charge is 2.29. The average molecular weight is 421 g/mol. The van der Waals surface area contributed by atoms with Crippen LogP contribution in [0.4, 0.5) is 0 Å². The van der Waals surface area contributed by atoms with Crippen molar-refractivity contribution in [2.45, 2.75) is 45.1 Å². The number of aromatic nitrogens is 2. The van der Waals surface area contributed by atoms with Gasteiger partial charge in [0.05, 0.1) is 12.7 Å². The fraction of sp³-hybridized carbons (Fsp3) is 0.480. The van der Waals surface area contributed by atoms with Gasteiger partial charge in [0.2, 0.25) is 11.8 Å². The third-order valence-electron chi connectivity index (χ3n) is 6.33. The molecule has 3 heterocycles. The number of amides is 2. The minimum atomic E-state index is 0.0106. The molecule has 0 saturated carbocycles. The van der Waals surface area contributed by atoms with Crippen LogP contribution in [0.3, 0.4) is 0 Å². The van der Waals surface area contributed by atoms with E-state index >= 15 is 0 Å². The summed E-state index contributed by atoms with van der Waals surface area (Å²) in [6, 6.07) is 10.2. The zero-order chi connectivity index (χ0) is 21.5. The van der Waals surface area contributed by atoms with Gasteiger partial charge in [-0.05, 0) is 37.3 Å². The van der Waals surface area contributed by atoms with Gasteiger partial charge in [-0.3, -0.25) is 14.3 Å². The van der Waals surface area contributed by atoms with Crippen molar-refractivity contribution >= 4 is 17.9 Å². The van der Waals surface area contributed by atoms with E-state index in [4.69, 9.17) is 0 Å². The Morgan fingerprint density at radius 2 is 1.65 bits per heavy atom. The fourth-order valence-electron chi connectivity index (χ4n) is 4.49. The van der Waals surface area contributed by atoms with Gasteiger partial charge in [0, 0.05) is 49.9 Å². The second kappa shape index (κ2) is 10.4. The van der Waals surface area contributed by atoms with Crippen molar-refractivity contribution in [3.63, 3.8) is 0 Å². The molecule has 1 aromatic heterocycles. The first kappa shape index (κ1) is 21.3. The lowest BCUT2D eigenvalue weighted by Gasteiger charge is -2.33. The van der Waals surface area contributed by atoms with Gasteiger partial charge in [-0.1, -0.05) is 43.2 Å². The second-order valence-corrected chi connectivity index (χ2v) is 8.63. The highest BCUT2D eigenvalue weighted by atomic mass is 16.2. The van der Waals surface area contributed by atoms with Gasteiger partial charge in [-0.15, -0.1) is 0 Å². The van der Waals surface area contributed by atoms with Crippen molar-refractivity contribution < 1.29 is 9.59 Å². The number of likely N-dealkylation sites (tertiary alicyclic amines) is 2. The summed E-state index contributed by atoms with van der Waals surface area (Å²) >= 11 is 0. The van der Waals surface area contributed by atoms with Crippen LogP contribution in [0, 0.1) is 5.92 Å². The number of carbonyl (C=O) groups is 2. The normalized spacial score (nSPS) is 18.3. The molecule has 0 aliphatic carbocycles. The number of hydrogen-bond acceptors (Lipinski definition) is 3. The van der Waals surface area contributed by atoms with E-state index < -0.39 is 0 Å². The predicted molar refractivity (Wildman–Crippen MR) is 121 cm³/mol. The van der Waals surface area contributed by atoms with Gasteiger partial charge in [-0.25, -0.2) is 0 Å². The Kier molecular flexibility index (Phi) is 7.18. The van der Waals surface area contributed by atoms with Crippen molar-refractivity contribution in [2.75, 3.05) is 26.2 Å². The van der Waals surface area contributed by atoms with Crippen LogP contribution in [-0.2, 0) is 16.1 Å². The van der Waals surface area contributed by atoms with Crippen LogP contribution < -0.4 is 0 Å². The Hall–Kier alpha value is -2.89. The van der Waals surface area contributed by atoms with Gasteiger partial charge < -0.3 is 9.80 Å². The molecule has 0 N–H and O–H groups in total. The highest BCUT2D eigenvalue weighted by Crippen LogP contribution is 2.22. The lowest BCUT2D eigenvalue weighted by Crippen LogP contribution is -2.44. The molecule has 0 radical (unpaired) electrons. The van der Waals surface area contributed by atoms with Crippen molar-refractivity contribution in [1.82, 2.24) is 19.6 Å². The smallest absolute Gasteiger partial charge is 0.246 e. The minimum Gasteiger partial charge on any atom is -0.342 e. The number of nitrogens with zero attached hydrogens (tertiary/aromatic N) is 4. The molecule has 0 spiro atoms. The molecule has 0 atom stereocenters. The maximum Gasteiger partial charge on any atom is 0.246 e. The van der Waals surface area contributed by atoms with E-state index in [0.29, 0.717) is 25.5 Å². The van der Waals surface area contributed by atoms with E-state index in [1.165, 1.54) is 18.4 Å². The molecule has 6 heteroatoms. The Bertz CT molecular complexity index is 889. The maximum absolute atomic E-state index is 12.8. The molecule has 2 aliphatic rings. The van der Waals surface area contributed by atoms with Crippen LogP contribution in [0.25, 0.3) is 6.08 Å². The molecule has 2 saturated heterocycles. The SMILES string of the molecule is O=C(C=Cc1cnn(Cc2ccccc2)c1)N1CCC(C(=O)N2CCCCCC2)CC1. The summed E-state index contributed by atoms with van der Waals surface area (Å²) in [5.74, 6) is 0.384. The third-order valence-corrected chi connectivity index (χ3v) is 6.33. The topological polar surface area (TPSA) is 58.4 Å². The number of carbonyl (C=O) groups excluding carboxylic acids is 2. The Balaban J connectivity index is 1.25. The molecule has 6 nitrogen and oxygen atoms in total. The third kappa shape index (κ3) is 5.84. The maximum atomic E-state index is 12.8. The van der Waals surface area contributed by atoms with E-state index in [9.17, 15) is 9.59 Å². The van der Waals surface area contributed by atoms with Crippen LogP contribution in [-0.4, -0.2) is 57.6 Å². The Morgan fingerprint density at radius 1 is 0.935 bits per heavy atom. The quantitative estimate of drug-likeness (QED) is 0.695. The van der Waals surface area contributed by atoms with Crippen molar-refractivity contribution in [3.8, 4) is 0 Å². The summed E-state index contributed by atoms with van der Waals surface area (Å²) in [5.41, 5.74) is 2.10. The zero-order valence-electron chi connectivity index (χ0n) is 18.2. The fourth-order valence-corrected chi connectivity index (χ4v) is 4.49. The van der Waals surface area contributed by atoms with Crippen LogP contribution in [0.1, 0.15) is 49.7 Å². The van der Waals surface area contributed by atoms with Gasteiger partial charge in [0.1, 0.15) is 0 Å². The standard InChI is InChI=1S/C25H32N4O2/c30-24(11-10-22-18-26-29(20-22)19-21-8-4-3-5-9-21)27-16-12-23(13-17-27)25(31)28-14-6-1-2-7-15-28/h3-5,8-11,18,20,23H,1-2,6-7,12-17,19H2. The van der Waals surface area contributed by atoms with E-state index in [1.54, 1.807) is 12.3 Å². The molecule has 4 rings (SSSR count). The van der Waals surface area contributed by atoms with Gasteiger partial charge in [0.15, 0.2) is 0 Å². The van der Waals surface area contributed by atoms with E-state index in [1.807, 2.05) is 40.1 Å². The largest absolute Gasteiger partial charge is 0.342 e. The molecule has 2 aromatic rings. The summed E-state index contributed by atoms with van der Waals surface area (Å²) in [5, 5.41) is 4.38. The molecule has 2 aliphatic heterocycles. The van der Waals surface area contributed by atoms with Gasteiger partial charge in [-0.2, -0.15) is 5.10 Å². The highest BCUT2D eigenvalue weighted by molar-refractivity contribution is 5.92. The molecular weight excluding hydrogens is 388 g/mol. The summed E-state index contributed by atoms with van der Waals surface area (Å²) < 4.78 is 1.87. The number of piperidine rings is 1. The molecule has 2 fully saturated rings. The van der Waals surface area contributed by atoms with Crippen LogP contribution in [0.15, 0.2) is 48.8 Å². The summed E-state index contributed by atoms with van der Waals surface area (Å²) in [6.07, 6.45) is 13.4. The van der Waals surface area contributed by atoms with Crippen molar-refractivity contribution in [2.24, 2.45) is 5.92 Å². The molecule has 0 unspecified atom stereocenters. The Morgan fingerprint density at radius 3 is 2.35 bits per heavy atom. The second-order valence-electron chi connectivity index (χ2n) is 8.63. The monoisotopic (exact) mass is 420 g/mol. The minimum absolute atomic E-state index is 0.0106. The summed E-state index contributed by atoms with van der Waals surface area (Å²) in [6.45, 7) is 3.82. The lowest BCUT2D eigenvalue weighted by atomic mass is 9.95. The number of hydrogen-bond donors (Lipinski definition) is 0. The van der Waals surface area contributed by atoms with Crippen LogP contribution in [0.2, 0.25) is 0 Å². The molecule has 31 heavy (non-hydrogen) atoms. The van der Waals surface area contributed by atoms with E-state index in [2.05, 4.69) is 22.1 Å². The molecule has 0 bridgehead atoms. The lowest BCUT2D eigenvalue weighted by molar-refractivity contribution is -0.139. The summed E-state index contributed by atoms with van der Waals surface area (Å²) in [7, 11) is 0. The van der Waals surface area contributed by atoms with Gasteiger partial charge in [0.25, 0.3) is 0 Å². The first-order valence-corrected chi connectivity index (χ1v) is 11.5. The number of benzene rings is 1. The molecule has 1 aromatic carbocycles. The predicted octanol–water partition coefficient (Wildman–Crippen LogP) is 3.59. The molecule has 164 valence electrons. The van der Waals surface area contributed by atoms with Crippen molar-refractivity contribution in [3.05, 3.63) is 59.9 Å². The van der Waals surface area contributed by atoms with Crippen LogP contribution in [0.5, 0.6) is 0 Å². The first-order chi connectivity index (χ1) is 15.2.